The average Bonchev–Trinajstić information content (AvgIpc) is 2.37. The number of aromatic hydroxyl groups is 1. The van der Waals surface area contributed by atoms with Crippen LogP contribution in [0.25, 0.3) is 0 Å². The maximum Gasteiger partial charge on any atom is 0.313 e. The number of anilines is 1. The van der Waals surface area contributed by atoms with Gasteiger partial charge in [0.05, 0.1) is 0 Å². The molecule has 3 amide bonds. The van der Waals surface area contributed by atoms with E-state index in [0.29, 0.717) is 11.3 Å². The van der Waals surface area contributed by atoms with E-state index in [2.05, 4.69) is 16.0 Å². The SMILES string of the molecule is CC(=O)NCCNC(=O)C(=O)Nc1ccc(O)cc1C. The first-order valence-corrected chi connectivity index (χ1v) is 6.03. The minimum Gasteiger partial charge on any atom is -0.508 e. The van der Waals surface area contributed by atoms with Crippen LogP contribution in [0.2, 0.25) is 0 Å². The van der Waals surface area contributed by atoms with E-state index in [4.69, 9.17) is 0 Å². The molecule has 0 spiro atoms. The minimum atomic E-state index is -0.804. The van der Waals surface area contributed by atoms with Gasteiger partial charge in [0.15, 0.2) is 0 Å². The summed E-state index contributed by atoms with van der Waals surface area (Å²) in [4.78, 5) is 33.7. The Morgan fingerprint density at radius 1 is 1.10 bits per heavy atom. The molecule has 0 bridgehead atoms. The molecule has 108 valence electrons. The Balaban J connectivity index is 2.45. The van der Waals surface area contributed by atoms with Crippen molar-refractivity contribution in [2.45, 2.75) is 13.8 Å². The summed E-state index contributed by atoms with van der Waals surface area (Å²) in [6.07, 6.45) is 0. The first-order valence-electron chi connectivity index (χ1n) is 6.03. The molecule has 0 aliphatic heterocycles. The minimum absolute atomic E-state index is 0.0836. The van der Waals surface area contributed by atoms with Crippen LogP contribution in [0.5, 0.6) is 5.75 Å². The zero-order chi connectivity index (χ0) is 15.1. The molecule has 0 aliphatic rings. The average molecular weight is 279 g/mol. The predicted molar refractivity (Wildman–Crippen MR) is 73.2 cm³/mol. The molecule has 0 saturated carbocycles. The molecule has 0 saturated heterocycles. The largest absolute Gasteiger partial charge is 0.508 e. The third-order valence-corrected chi connectivity index (χ3v) is 2.45. The van der Waals surface area contributed by atoms with Crippen molar-refractivity contribution in [3.05, 3.63) is 23.8 Å². The molecule has 0 fully saturated rings. The van der Waals surface area contributed by atoms with Crippen LogP contribution < -0.4 is 16.0 Å². The standard InChI is InChI=1S/C13H17N3O4/c1-8-7-10(18)3-4-11(8)16-13(20)12(19)15-6-5-14-9(2)17/h3-4,7,18H,5-6H2,1-2H3,(H,14,17)(H,15,19)(H,16,20). The second kappa shape index (κ2) is 7.13. The Morgan fingerprint density at radius 3 is 2.35 bits per heavy atom. The van der Waals surface area contributed by atoms with E-state index >= 15 is 0 Å². The molecule has 0 aliphatic carbocycles. The van der Waals surface area contributed by atoms with Gasteiger partial charge in [-0.25, -0.2) is 0 Å². The van der Waals surface area contributed by atoms with Crippen LogP contribution in [0.4, 0.5) is 5.69 Å². The van der Waals surface area contributed by atoms with Crippen molar-refractivity contribution < 1.29 is 19.5 Å². The normalized spacial score (nSPS) is 9.70. The van der Waals surface area contributed by atoms with Crippen LogP contribution in [0.1, 0.15) is 12.5 Å². The van der Waals surface area contributed by atoms with Gasteiger partial charge in [-0.05, 0) is 30.7 Å². The zero-order valence-corrected chi connectivity index (χ0v) is 11.3. The van der Waals surface area contributed by atoms with Crippen LogP contribution >= 0.6 is 0 Å². The number of carbonyl (C=O) groups is 3. The molecule has 0 atom stereocenters. The fraction of sp³-hybridized carbons (Fsp3) is 0.308. The van der Waals surface area contributed by atoms with Crippen molar-refractivity contribution in [2.24, 2.45) is 0 Å². The van der Waals surface area contributed by atoms with Gasteiger partial charge in [-0.3, -0.25) is 14.4 Å². The van der Waals surface area contributed by atoms with E-state index in [0.717, 1.165) is 0 Å². The first kappa shape index (κ1) is 15.5. The number of hydrogen-bond donors (Lipinski definition) is 4. The summed E-state index contributed by atoms with van der Waals surface area (Å²) in [5.41, 5.74) is 1.09. The molecular formula is C13H17N3O4. The Labute approximate surface area is 116 Å². The summed E-state index contributed by atoms with van der Waals surface area (Å²) in [5.74, 6) is -1.71. The lowest BCUT2D eigenvalue weighted by atomic mass is 10.2. The first-order chi connectivity index (χ1) is 9.40. The summed E-state index contributed by atoms with van der Waals surface area (Å²) in [7, 11) is 0. The molecule has 7 heteroatoms. The molecule has 7 nitrogen and oxygen atoms in total. The van der Waals surface area contributed by atoms with Gasteiger partial charge in [-0.15, -0.1) is 0 Å². The van der Waals surface area contributed by atoms with E-state index in [1.807, 2.05) is 0 Å². The Hall–Kier alpha value is -2.57. The number of phenols is 1. The van der Waals surface area contributed by atoms with Crippen LogP contribution in [0.15, 0.2) is 18.2 Å². The highest BCUT2D eigenvalue weighted by atomic mass is 16.3. The van der Waals surface area contributed by atoms with Crippen molar-refractivity contribution in [1.29, 1.82) is 0 Å². The molecule has 0 radical (unpaired) electrons. The quantitative estimate of drug-likeness (QED) is 0.350. The van der Waals surface area contributed by atoms with Crippen molar-refractivity contribution in [2.75, 3.05) is 18.4 Å². The van der Waals surface area contributed by atoms with E-state index < -0.39 is 11.8 Å². The van der Waals surface area contributed by atoms with Gasteiger partial charge in [-0.1, -0.05) is 0 Å². The molecule has 20 heavy (non-hydrogen) atoms. The van der Waals surface area contributed by atoms with Gasteiger partial charge < -0.3 is 21.1 Å². The Bertz CT molecular complexity index is 528. The van der Waals surface area contributed by atoms with Gasteiger partial charge in [0.25, 0.3) is 0 Å². The summed E-state index contributed by atoms with van der Waals surface area (Å²) >= 11 is 0. The number of nitrogens with one attached hydrogen (secondary N) is 3. The van der Waals surface area contributed by atoms with E-state index in [9.17, 15) is 19.5 Å². The number of aryl methyl sites for hydroxylation is 1. The summed E-state index contributed by atoms with van der Waals surface area (Å²) in [5, 5.41) is 16.5. The summed E-state index contributed by atoms with van der Waals surface area (Å²) < 4.78 is 0. The van der Waals surface area contributed by atoms with Crippen molar-refractivity contribution in [1.82, 2.24) is 10.6 Å². The van der Waals surface area contributed by atoms with E-state index in [-0.39, 0.29) is 24.7 Å². The molecule has 1 aromatic carbocycles. The highest BCUT2D eigenvalue weighted by Crippen LogP contribution is 2.19. The van der Waals surface area contributed by atoms with E-state index in [1.54, 1.807) is 6.92 Å². The molecule has 1 rings (SSSR count). The summed E-state index contributed by atoms with van der Waals surface area (Å²) in [6, 6.07) is 4.40. The topological polar surface area (TPSA) is 108 Å². The van der Waals surface area contributed by atoms with Crippen LogP contribution in [0, 0.1) is 6.92 Å². The number of hydrogen-bond acceptors (Lipinski definition) is 4. The third-order valence-electron chi connectivity index (χ3n) is 2.45. The monoisotopic (exact) mass is 279 g/mol. The van der Waals surface area contributed by atoms with E-state index in [1.165, 1.54) is 25.1 Å². The highest BCUT2D eigenvalue weighted by molar-refractivity contribution is 6.39. The number of carbonyl (C=O) groups excluding carboxylic acids is 3. The highest BCUT2D eigenvalue weighted by Gasteiger charge is 2.14. The lowest BCUT2D eigenvalue weighted by molar-refractivity contribution is -0.136. The zero-order valence-electron chi connectivity index (χ0n) is 11.3. The van der Waals surface area contributed by atoms with Gasteiger partial charge >= 0.3 is 11.8 Å². The number of benzene rings is 1. The maximum atomic E-state index is 11.6. The number of amides is 3. The van der Waals surface area contributed by atoms with Crippen LogP contribution in [-0.4, -0.2) is 35.9 Å². The molecule has 0 unspecified atom stereocenters. The summed E-state index contributed by atoms with van der Waals surface area (Å²) in [6.45, 7) is 3.49. The lowest BCUT2D eigenvalue weighted by Gasteiger charge is -2.09. The van der Waals surface area contributed by atoms with Crippen molar-refractivity contribution >= 4 is 23.4 Å². The molecular weight excluding hydrogens is 262 g/mol. The third kappa shape index (κ3) is 4.97. The fourth-order valence-electron chi connectivity index (χ4n) is 1.46. The van der Waals surface area contributed by atoms with Crippen molar-refractivity contribution in [3.63, 3.8) is 0 Å². The van der Waals surface area contributed by atoms with Gasteiger partial charge in [0.2, 0.25) is 5.91 Å². The number of phenolic OH excluding ortho intramolecular Hbond substituents is 1. The maximum absolute atomic E-state index is 11.6. The van der Waals surface area contributed by atoms with Gasteiger partial charge in [0, 0.05) is 25.7 Å². The van der Waals surface area contributed by atoms with Crippen LogP contribution in [-0.2, 0) is 14.4 Å². The van der Waals surface area contributed by atoms with Crippen LogP contribution in [0.3, 0.4) is 0 Å². The number of rotatable bonds is 4. The second-order valence-electron chi connectivity index (χ2n) is 4.19. The smallest absolute Gasteiger partial charge is 0.313 e. The Morgan fingerprint density at radius 2 is 1.75 bits per heavy atom. The molecule has 0 heterocycles. The van der Waals surface area contributed by atoms with Gasteiger partial charge in [-0.2, -0.15) is 0 Å². The Kier molecular flexibility index (Phi) is 5.52. The lowest BCUT2D eigenvalue weighted by Crippen LogP contribution is -2.39. The molecule has 0 aromatic heterocycles. The molecule has 1 aromatic rings. The second-order valence-corrected chi connectivity index (χ2v) is 4.19. The fourth-order valence-corrected chi connectivity index (χ4v) is 1.46. The van der Waals surface area contributed by atoms with Crippen molar-refractivity contribution in [3.8, 4) is 5.75 Å². The predicted octanol–water partition coefficient (Wildman–Crippen LogP) is -0.109. The molecule has 4 N–H and O–H groups in total. The van der Waals surface area contributed by atoms with Gasteiger partial charge in [0.1, 0.15) is 5.75 Å².